The van der Waals surface area contributed by atoms with E-state index >= 15 is 0 Å². The first-order chi connectivity index (χ1) is 13.0. The summed E-state index contributed by atoms with van der Waals surface area (Å²) in [6, 6.07) is 4.07. The molecule has 3 heterocycles. The topological polar surface area (TPSA) is 71.8 Å². The molecule has 0 aromatic carbocycles. The van der Waals surface area contributed by atoms with Crippen molar-refractivity contribution in [2.75, 3.05) is 25.0 Å². The summed E-state index contributed by atoms with van der Waals surface area (Å²) in [6.07, 6.45) is 3.44. The van der Waals surface area contributed by atoms with E-state index in [0.717, 1.165) is 25.1 Å². The number of nitrogens with zero attached hydrogens (tertiary/aromatic N) is 1. The highest BCUT2D eigenvalue weighted by molar-refractivity contribution is 7.15. The Morgan fingerprint density at radius 1 is 1.37 bits per heavy atom. The fourth-order valence-corrected chi connectivity index (χ4v) is 4.31. The Bertz CT molecular complexity index is 811. The van der Waals surface area contributed by atoms with Crippen molar-refractivity contribution in [2.45, 2.75) is 46.1 Å². The van der Waals surface area contributed by atoms with Crippen molar-refractivity contribution >= 4 is 28.2 Å². The molecule has 0 radical (unpaired) electrons. The number of thiophene rings is 1. The molecule has 1 fully saturated rings. The predicted molar refractivity (Wildman–Crippen MR) is 106 cm³/mol. The summed E-state index contributed by atoms with van der Waals surface area (Å²) in [7, 11) is 0. The molecule has 6 nitrogen and oxygen atoms in total. The van der Waals surface area contributed by atoms with Gasteiger partial charge in [0.25, 0.3) is 0 Å². The number of hydrogen-bond donors (Lipinski definition) is 1. The Hall–Kier alpha value is -2.12. The van der Waals surface area contributed by atoms with Crippen LogP contribution in [0.3, 0.4) is 0 Å². The van der Waals surface area contributed by atoms with Crippen LogP contribution in [-0.2, 0) is 9.53 Å². The lowest BCUT2D eigenvalue weighted by atomic mass is 10.0. The Kier molecular flexibility index (Phi) is 6.34. The maximum atomic E-state index is 12.6. The number of rotatable bonds is 6. The fourth-order valence-electron chi connectivity index (χ4n) is 3.36. The second-order valence-corrected chi connectivity index (χ2v) is 7.73. The summed E-state index contributed by atoms with van der Waals surface area (Å²) in [5.74, 6) is 0.787. The van der Waals surface area contributed by atoms with Gasteiger partial charge in [0.2, 0.25) is 5.91 Å². The van der Waals surface area contributed by atoms with Crippen LogP contribution < -0.4 is 5.32 Å². The largest absolute Gasteiger partial charge is 0.462 e. The second-order valence-electron chi connectivity index (χ2n) is 6.85. The van der Waals surface area contributed by atoms with Crippen molar-refractivity contribution in [3.8, 4) is 11.3 Å². The van der Waals surface area contributed by atoms with Crippen LogP contribution in [0.15, 0.2) is 21.9 Å². The zero-order chi connectivity index (χ0) is 19.4. The molecule has 27 heavy (non-hydrogen) atoms. The monoisotopic (exact) mass is 390 g/mol. The van der Waals surface area contributed by atoms with E-state index in [-0.39, 0.29) is 12.5 Å². The molecule has 1 atom stereocenters. The van der Waals surface area contributed by atoms with Crippen molar-refractivity contribution in [1.29, 1.82) is 0 Å². The maximum Gasteiger partial charge on any atom is 0.341 e. The summed E-state index contributed by atoms with van der Waals surface area (Å²) in [6.45, 7) is 7.29. The molecule has 0 bridgehead atoms. The lowest BCUT2D eigenvalue weighted by molar-refractivity contribution is -0.118. The number of carbonyl (C=O) groups excluding carboxylic acids is 2. The van der Waals surface area contributed by atoms with Gasteiger partial charge in [-0.1, -0.05) is 6.42 Å². The summed E-state index contributed by atoms with van der Waals surface area (Å²) >= 11 is 1.31. The number of amides is 1. The number of nitrogens with one attached hydrogen (secondary N) is 1. The molecule has 2 aromatic heterocycles. The molecule has 0 spiro atoms. The molecule has 0 aliphatic carbocycles. The summed E-state index contributed by atoms with van der Waals surface area (Å²) in [5.41, 5.74) is 1.00. The number of aryl methyl sites for hydroxylation is 1. The molecular weight excluding hydrogens is 364 g/mol. The van der Waals surface area contributed by atoms with Gasteiger partial charge >= 0.3 is 5.97 Å². The number of furan rings is 1. The lowest BCUT2D eigenvalue weighted by Gasteiger charge is -2.32. The minimum absolute atomic E-state index is 0.113. The average molecular weight is 391 g/mol. The molecule has 2 aromatic rings. The third-order valence-electron chi connectivity index (χ3n) is 4.82. The van der Waals surface area contributed by atoms with Crippen molar-refractivity contribution in [1.82, 2.24) is 4.90 Å². The van der Waals surface area contributed by atoms with Crippen LogP contribution in [0.2, 0.25) is 0 Å². The minimum atomic E-state index is -0.454. The molecule has 3 rings (SSSR count). The van der Waals surface area contributed by atoms with Crippen molar-refractivity contribution < 1.29 is 18.7 Å². The van der Waals surface area contributed by atoms with Gasteiger partial charge in [-0.05, 0) is 52.3 Å². The van der Waals surface area contributed by atoms with Gasteiger partial charge in [0.05, 0.1) is 13.2 Å². The van der Waals surface area contributed by atoms with Gasteiger partial charge in [0, 0.05) is 17.0 Å². The number of piperidine rings is 1. The predicted octanol–water partition coefficient (Wildman–Crippen LogP) is 4.31. The molecule has 0 saturated carbocycles. The number of likely N-dealkylation sites (tertiary alicyclic amines) is 1. The molecule has 1 saturated heterocycles. The van der Waals surface area contributed by atoms with E-state index in [1.54, 1.807) is 6.92 Å². The first-order valence-corrected chi connectivity index (χ1v) is 10.3. The average Bonchev–Trinajstić information content (AvgIpc) is 3.23. The van der Waals surface area contributed by atoms with Gasteiger partial charge in [0.1, 0.15) is 22.1 Å². The van der Waals surface area contributed by atoms with Gasteiger partial charge in [0.15, 0.2) is 0 Å². The number of anilines is 1. The maximum absolute atomic E-state index is 12.6. The molecule has 1 aliphatic rings. The quantitative estimate of drug-likeness (QED) is 0.744. The van der Waals surface area contributed by atoms with Gasteiger partial charge in [-0.2, -0.15) is 0 Å². The zero-order valence-electron chi connectivity index (χ0n) is 16.0. The van der Waals surface area contributed by atoms with E-state index in [1.807, 2.05) is 24.4 Å². The molecule has 7 heteroatoms. The molecular formula is C20H26N2O4S. The van der Waals surface area contributed by atoms with Crippen LogP contribution in [0.25, 0.3) is 11.3 Å². The summed E-state index contributed by atoms with van der Waals surface area (Å²) < 4.78 is 10.9. The van der Waals surface area contributed by atoms with Crippen LogP contribution in [0.5, 0.6) is 0 Å². The highest BCUT2D eigenvalue weighted by atomic mass is 32.1. The Balaban J connectivity index is 1.80. The highest BCUT2D eigenvalue weighted by Gasteiger charge is 2.26. The molecule has 1 amide bonds. The van der Waals surface area contributed by atoms with Gasteiger partial charge < -0.3 is 14.5 Å². The highest BCUT2D eigenvalue weighted by Crippen LogP contribution is 2.37. The number of carbonyl (C=O) groups is 2. The smallest absolute Gasteiger partial charge is 0.341 e. The number of esters is 1. The van der Waals surface area contributed by atoms with Crippen LogP contribution in [0, 0.1) is 6.92 Å². The van der Waals surface area contributed by atoms with Gasteiger partial charge in [-0.25, -0.2) is 4.79 Å². The van der Waals surface area contributed by atoms with Crippen LogP contribution in [-0.4, -0.2) is 42.5 Å². The van der Waals surface area contributed by atoms with Crippen LogP contribution >= 0.6 is 11.3 Å². The standard InChI is InChI=1S/C20H26N2O4S/c1-4-25-20(24)18-15(16-9-8-14(3)26-16)12-27-19(18)21-17(23)11-22-10-6-5-7-13(22)2/h8-9,12-13H,4-7,10-11H2,1-3H3,(H,21,23)/t13-/m0/s1. The number of ether oxygens (including phenoxy) is 1. The summed E-state index contributed by atoms with van der Waals surface area (Å²) in [5, 5.41) is 5.24. The van der Waals surface area contributed by atoms with E-state index < -0.39 is 5.97 Å². The third-order valence-corrected chi connectivity index (χ3v) is 5.71. The first-order valence-electron chi connectivity index (χ1n) is 9.39. The van der Waals surface area contributed by atoms with E-state index in [1.165, 1.54) is 17.8 Å². The second kappa shape index (κ2) is 8.71. The van der Waals surface area contributed by atoms with E-state index in [2.05, 4.69) is 17.1 Å². The van der Waals surface area contributed by atoms with Gasteiger partial charge in [-0.15, -0.1) is 11.3 Å². The first kappa shape index (κ1) is 19.6. The zero-order valence-corrected chi connectivity index (χ0v) is 16.9. The summed E-state index contributed by atoms with van der Waals surface area (Å²) in [4.78, 5) is 27.3. The van der Waals surface area contributed by atoms with Crippen LogP contribution in [0.1, 0.15) is 49.2 Å². The third kappa shape index (κ3) is 4.59. The van der Waals surface area contributed by atoms with E-state index in [4.69, 9.17) is 9.15 Å². The number of hydrogen-bond acceptors (Lipinski definition) is 6. The molecule has 146 valence electrons. The van der Waals surface area contributed by atoms with Crippen molar-refractivity contribution in [2.24, 2.45) is 0 Å². The Morgan fingerprint density at radius 3 is 2.85 bits per heavy atom. The van der Waals surface area contributed by atoms with E-state index in [0.29, 0.717) is 34.5 Å². The van der Waals surface area contributed by atoms with E-state index in [9.17, 15) is 9.59 Å². The molecule has 1 aliphatic heterocycles. The van der Waals surface area contributed by atoms with Crippen molar-refractivity contribution in [3.05, 3.63) is 28.8 Å². The Morgan fingerprint density at radius 2 is 2.19 bits per heavy atom. The SMILES string of the molecule is CCOC(=O)c1c(-c2ccc(C)o2)csc1NC(=O)CN1CCCC[C@@H]1C. The fraction of sp³-hybridized carbons (Fsp3) is 0.500. The van der Waals surface area contributed by atoms with Crippen LogP contribution in [0.4, 0.5) is 5.00 Å². The van der Waals surface area contributed by atoms with Crippen molar-refractivity contribution in [3.63, 3.8) is 0 Å². The Labute approximate surface area is 163 Å². The lowest BCUT2D eigenvalue weighted by Crippen LogP contribution is -2.42. The molecule has 0 unspecified atom stereocenters. The normalized spacial score (nSPS) is 17.7. The molecule has 1 N–H and O–H groups in total. The minimum Gasteiger partial charge on any atom is -0.462 e. The van der Waals surface area contributed by atoms with Gasteiger partial charge in [-0.3, -0.25) is 9.69 Å².